The van der Waals surface area contributed by atoms with E-state index in [0.717, 1.165) is 11.3 Å². The van der Waals surface area contributed by atoms with Crippen molar-refractivity contribution in [3.63, 3.8) is 0 Å². The first-order chi connectivity index (χ1) is 10.2. The minimum atomic E-state index is -0.530. The summed E-state index contributed by atoms with van der Waals surface area (Å²) in [6, 6.07) is 1.68. The Labute approximate surface area is 131 Å². The highest BCUT2D eigenvalue weighted by molar-refractivity contribution is 5.92. The van der Waals surface area contributed by atoms with E-state index >= 15 is 0 Å². The molecule has 6 heteroatoms. The van der Waals surface area contributed by atoms with E-state index in [1.54, 1.807) is 11.0 Å². The second kappa shape index (κ2) is 7.24. The van der Waals surface area contributed by atoms with Crippen molar-refractivity contribution in [1.82, 2.24) is 9.88 Å². The van der Waals surface area contributed by atoms with Gasteiger partial charge in [0.15, 0.2) is 0 Å². The van der Waals surface area contributed by atoms with Crippen LogP contribution in [-0.2, 0) is 17.8 Å². The number of ether oxygens (including phenoxy) is 1. The van der Waals surface area contributed by atoms with Crippen LogP contribution in [-0.4, -0.2) is 27.5 Å². The summed E-state index contributed by atoms with van der Waals surface area (Å²) in [4.78, 5) is 28.7. The molecule has 0 aliphatic carbocycles. The molecule has 1 aliphatic rings. The number of nitrogens with zero attached hydrogens (tertiary/aromatic N) is 2. The molecular weight excluding hydrogens is 282 g/mol. The molecule has 0 fully saturated rings. The predicted molar refractivity (Wildman–Crippen MR) is 84.2 cm³/mol. The molecule has 2 rings (SSSR count). The van der Waals surface area contributed by atoms with Gasteiger partial charge in [0.1, 0.15) is 5.60 Å². The Balaban J connectivity index is 0.000000745. The lowest BCUT2D eigenvalue weighted by Crippen LogP contribution is -2.33. The van der Waals surface area contributed by atoms with E-state index in [0.29, 0.717) is 18.7 Å². The minimum absolute atomic E-state index is 0.352. The molecule has 2 N–H and O–H groups in total. The molecular formula is C16H25N3O3. The van der Waals surface area contributed by atoms with E-state index in [1.807, 2.05) is 20.8 Å². The molecule has 122 valence electrons. The van der Waals surface area contributed by atoms with Gasteiger partial charge >= 0.3 is 6.09 Å². The molecule has 6 nitrogen and oxygen atoms in total. The SMILES string of the molecule is CC(C)(C)OC(=O)N1Cc2cc(C(N)=O)cnc2C1.CCC. The number of aromatic nitrogens is 1. The number of fused-ring (bicyclic) bond motifs is 1. The minimum Gasteiger partial charge on any atom is -0.444 e. The smallest absolute Gasteiger partial charge is 0.410 e. The highest BCUT2D eigenvalue weighted by Gasteiger charge is 2.28. The van der Waals surface area contributed by atoms with Gasteiger partial charge in [-0.3, -0.25) is 14.7 Å². The molecule has 1 aromatic rings. The maximum atomic E-state index is 11.9. The quantitative estimate of drug-likeness (QED) is 0.864. The van der Waals surface area contributed by atoms with Gasteiger partial charge in [0.05, 0.1) is 24.3 Å². The van der Waals surface area contributed by atoms with Gasteiger partial charge in [-0.1, -0.05) is 20.3 Å². The summed E-state index contributed by atoms with van der Waals surface area (Å²) in [5, 5.41) is 0. The molecule has 1 aliphatic heterocycles. The maximum absolute atomic E-state index is 11.9. The zero-order valence-corrected chi connectivity index (χ0v) is 14.0. The van der Waals surface area contributed by atoms with Gasteiger partial charge in [-0.15, -0.1) is 0 Å². The summed E-state index contributed by atoms with van der Waals surface area (Å²) in [7, 11) is 0. The van der Waals surface area contributed by atoms with Gasteiger partial charge in [-0.2, -0.15) is 0 Å². The fourth-order valence-electron chi connectivity index (χ4n) is 1.85. The number of primary amides is 1. The summed E-state index contributed by atoms with van der Waals surface area (Å²) in [5.41, 5.74) is 6.63. The van der Waals surface area contributed by atoms with E-state index in [1.165, 1.54) is 12.6 Å². The van der Waals surface area contributed by atoms with E-state index in [9.17, 15) is 9.59 Å². The average molecular weight is 307 g/mol. The van der Waals surface area contributed by atoms with Crippen LogP contribution in [0.15, 0.2) is 12.3 Å². The summed E-state index contributed by atoms with van der Waals surface area (Å²) in [6.07, 6.45) is 2.30. The number of pyridine rings is 1. The molecule has 22 heavy (non-hydrogen) atoms. The van der Waals surface area contributed by atoms with Crippen molar-refractivity contribution in [2.45, 2.75) is 59.7 Å². The molecule has 0 bridgehead atoms. The number of carbonyl (C=O) groups excluding carboxylic acids is 2. The van der Waals surface area contributed by atoms with Gasteiger partial charge in [-0.05, 0) is 32.4 Å². The van der Waals surface area contributed by atoms with Gasteiger partial charge in [0.25, 0.3) is 0 Å². The first-order valence-electron chi connectivity index (χ1n) is 7.43. The van der Waals surface area contributed by atoms with E-state index < -0.39 is 11.5 Å². The lowest BCUT2D eigenvalue weighted by atomic mass is 10.1. The van der Waals surface area contributed by atoms with Crippen LogP contribution in [0, 0.1) is 0 Å². The van der Waals surface area contributed by atoms with Crippen LogP contribution in [0.5, 0.6) is 0 Å². The monoisotopic (exact) mass is 307 g/mol. The fourth-order valence-corrected chi connectivity index (χ4v) is 1.85. The molecule has 0 unspecified atom stereocenters. The Bertz CT molecular complexity index is 550. The standard InChI is InChI=1S/C13H17N3O3.C3H8/c1-13(2,3)19-12(18)16-6-9-4-8(11(14)17)5-15-10(9)7-16;1-3-2/h4-5H,6-7H2,1-3H3,(H2,14,17);3H2,1-2H3. The molecule has 0 atom stereocenters. The molecule has 0 spiro atoms. The summed E-state index contributed by atoms with van der Waals surface area (Å²) in [5.74, 6) is -0.522. The lowest BCUT2D eigenvalue weighted by molar-refractivity contribution is 0.0240. The van der Waals surface area contributed by atoms with Crippen molar-refractivity contribution in [2.75, 3.05) is 0 Å². The molecule has 0 radical (unpaired) electrons. The van der Waals surface area contributed by atoms with Crippen molar-refractivity contribution in [1.29, 1.82) is 0 Å². The van der Waals surface area contributed by atoms with Crippen LogP contribution >= 0.6 is 0 Å². The van der Waals surface area contributed by atoms with Crippen LogP contribution in [0.2, 0.25) is 0 Å². The summed E-state index contributed by atoms with van der Waals surface area (Å²) < 4.78 is 5.30. The van der Waals surface area contributed by atoms with Crippen molar-refractivity contribution < 1.29 is 14.3 Å². The third kappa shape index (κ3) is 5.02. The third-order valence-corrected chi connectivity index (χ3v) is 2.70. The average Bonchev–Trinajstić information content (AvgIpc) is 2.80. The second-order valence-corrected chi connectivity index (χ2v) is 6.24. The van der Waals surface area contributed by atoms with Crippen LogP contribution in [0.4, 0.5) is 4.79 Å². The molecule has 2 heterocycles. The largest absolute Gasteiger partial charge is 0.444 e. The van der Waals surface area contributed by atoms with E-state index in [-0.39, 0.29) is 6.09 Å². The Morgan fingerprint density at radius 1 is 1.32 bits per heavy atom. The zero-order valence-electron chi connectivity index (χ0n) is 14.0. The number of carbonyl (C=O) groups is 2. The zero-order chi connectivity index (χ0) is 16.9. The number of rotatable bonds is 1. The Kier molecular flexibility index (Phi) is 5.91. The van der Waals surface area contributed by atoms with Gasteiger partial charge in [0, 0.05) is 6.20 Å². The Morgan fingerprint density at radius 3 is 2.41 bits per heavy atom. The topological polar surface area (TPSA) is 85.5 Å². The maximum Gasteiger partial charge on any atom is 0.410 e. The summed E-state index contributed by atoms with van der Waals surface area (Å²) >= 11 is 0. The normalized spacial score (nSPS) is 13.0. The van der Waals surface area contributed by atoms with Gasteiger partial charge in [-0.25, -0.2) is 4.79 Å². The molecule has 0 saturated heterocycles. The summed E-state index contributed by atoms with van der Waals surface area (Å²) in [6.45, 7) is 10.5. The first-order valence-corrected chi connectivity index (χ1v) is 7.43. The van der Waals surface area contributed by atoms with Gasteiger partial charge < -0.3 is 10.5 Å². The molecule has 2 amide bonds. The Morgan fingerprint density at radius 2 is 1.91 bits per heavy atom. The van der Waals surface area contributed by atoms with Crippen LogP contribution < -0.4 is 5.73 Å². The van der Waals surface area contributed by atoms with Crippen LogP contribution in [0.1, 0.15) is 62.7 Å². The molecule has 1 aromatic heterocycles. The number of hydrogen-bond donors (Lipinski definition) is 1. The van der Waals surface area contributed by atoms with Crippen LogP contribution in [0.3, 0.4) is 0 Å². The van der Waals surface area contributed by atoms with E-state index in [4.69, 9.17) is 10.5 Å². The lowest BCUT2D eigenvalue weighted by Gasteiger charge is -2.23. The first kappa shape index (κ1) is 17.9. The number of hydrogen-bond acceptors (Lipinski definition) is 4. The predicted octanol–water partition coefficient (Wildman–Crippen LogP) is 2.85. The van der Waals surface area contributed by atoms with Gasteiger partial charge in [0.2, 0.25) is 5.91 Å². The van der Waals surface area contributed by atoms with Crippen LogP contribution in [0.25, 0.3) is 0 Å². The highest BCUT2D eigenvalue weighted by Crippen LogP contribution is 2.23. The highest BCUT2D eigenvalue weighted by atomic mass is 16.6. The molecule has 0 saturated carbocycles. The number of amides is 2. The van der Waals surface area contributed by atoms with Crippen molar-refractivity contribution in [3.8, 4) is 0 Å². The Hall–Kier alpha value is -2.11. The van der Waals surface area contributed by atoms with E-state index in [2.05, 4.69) is 18.8 Å². The van der Waals surface area contributed by atoms with Crippen molar-refractivity contribution >= 4 is 12.0 Å². The molecule has 0 aromatic carbocycles. The fraction of sp³-hybridized carbons (Fsp3) is 0.562. The number of nitrogens with two attached hydrogens (primary N) is 1. The second-order valence-electron chi connectivity index (χ2n) is 6.24. The van der Waals surface area contributed by atoms with Crippen molar-refractivity contribution in [2.24, 2.45) is 5.73 Å². The van der Waals surface area contributed by atoms with Crippen molar-refractivity contribution in [3.05, 3.63) is 29.1 Å². The third-order valence-electron chi connectivity index (χ3n) is 2.70.